The molecule has 6 nitrogen and oxygen atoms in total. The third-order valence-corrected chi connectivity index (χ3v) is 6.24. The molecule has 0 saturated carbocycles. The van der Waals surface area contributed by atoms with Gasteiger partial charge in [-0.3, -0.25) is 4.79 Å². The van der Waals surface area contributed by atoms with E-state index < -0.39 is 18.9 Å². The van der Waals surface area contributed by atoms with Gasteiger partial charge in [0.05, 0.1) is 23.5 Å². The molecule has 1 amide bonds. The van der Waals surface area contributed by atoms with Crippen molar-refractivity contribution < 1.29 is 13.6 Å². The van der Waals surface area contributed by atoms with Gasteiger partial charge in [0, 0.05) is 31.7 Å². The van der Waals surface area contributed by atoms with E-state index in [1.807, 2.05) is 58.5 Å². The van der Waals surface area contributed by atoms with Crippen LogP contribution in [0.5, 0.6) is 0 Å². The second-order valence-electron chi connectivity index (χ2n) is 9.02. The van der Waals surface area contributed by atoms with Gasteiger partial charge >= 0.3 is 0 Å². The number of allylic oxidation sites excluding steroid dienone is 1. The zero-order valence-electron chi connectivity index (χ0n) is 20.6. The Bertz CT molecular complexity index is 1070. The van der Waals surface area contributed by atoms with Crippen molar-refractivity contribution in [2.45, 2.75) is 32.6 Å². The molecule has 34 heavy (non-hydrogen) atoms. The Balaban J connectivity index is 2.19. The number of rotatable bonds is 10. The van der Waals surface area contributed by atoms with Gasteiger partial charge in [0.1, 0.15) is 0 Å². The zero-order chi connectivity index (χ0) is 25.0. The SMILES string of the molecule is CCC1C=CNc2c(C(N)=O)c(N(C)CCN(C)C)cc(-c3ccc(NCC(F)F)c(C)c3)c21. The molecule has 0 radical (unpaired) electrons. The number of anilines is 3. The number of hydrogen-bond donors (Lipinski definition) is 3. The average molecular weight is 472 g/mol. The van der Waals surface area contributed by atoms with Gasteiger partial charge in [-0.25, -0.2) is 8.78 Å². The number of halogens is 2. The highest BCUT2D eigenvalue weighted by Crippen LogP contribution is 2.45. The van der Waals surface area contributed by atoms with Gasteiger partial charge in [0.15, 0.2) is 0 Å². The predicted molar refractivity (Wildman–Crippen MR) is 137 cm³/mol. The third-order valence-electron chi connectivity index (χ3n) is 6.24. The van der Waals surface area contributed by atoms with E-state index in [9.17, 15) is 13.6 Å². The number of hydrogen-bond acceptors (Lipinski definition) is 5. The van der Waals surface area contributed by atoms with E-state index in [0.717, 1.165) is 46.6 Å². The second kappa shape index (κ2) is 10.9. The summed E-state index contributed by atoms with van der Waals surface area (Å²) in [5, 5.41) is 6.10. The summed E-state index contributed by atoms with van der Waals surface area (Å²) in [6.45, 7) is 5.15. The smallest absolute Gasteiger partial charge is 0.255 e. The van der Waals surface area contributed by atoms with Gasteiger partial charge in [0.25, 0.3) is 12.3 Å². The molecule has 4 N–H and O–H groups in total. The van der Waals surface area contributed by atoms with Crippen LogP contribution in [0.3, 0.4) is 0 Å². The van der Waals surface area contributed by atoms with Crippen molar-refractivity contribution in [1.82, 2.24) is 4.90 Å². The Labute approximate surface area is 200 Å². The molecule has 0 aromatic heterocycles. The Morgan fingerprint density at radius 2 is 1.94 bits per heavy atom. The number of fused-ring (bicyclic) bond motifs is 1. The van der Waals surface area contributed by atoms with Gasteiger partial charge in [-0.05, 0) is 74.1 Å². The highest BCUT2D eigenvalue weighted by atomic mass is 19.3. The molecular weight excluding hydrogens is 436 g/mol. The molecule has 8 heteroatoms. The van der Waals surface area contributed by atoms with Crippen molar-refractivity contribution in [3.05, 3.63) is 53.2 Å². The molecule has 1 aliphatic heterocycles. The molecule has 1 heterocycles. The average Bonchev–Trinajstić information content (AvgIpc) is 2.79. The summed E-state index contributed by atoms with van der Waals surface area (Å²) in [5.74, 6) is -0.364. The first-order valence-electron chi connectivity index (χ1n) is 11.6. The number of nitrogens with one attached hydrogen (secondary N) is 2. The third kappa shape index (κ3) is 5.50. The minimum Gasteiger partial charge on any atom is -0.379 e. The van der Waals surface area contributed by atoms with Crippen LogP contribution >= 0.6 is 0 Å². The normalized spacial score (nSPS) is 14.8. The molecule has 3 rings (SSSR count). The van der Waals surface area contributed by atoms with Crippen LogP contribution in [0.4, 0.5) is 25.8 Å². The van der Waals surface area contributed by atoms with E-state index in [0.29, 0.717) is 17.8 Å². The minimum atomic E-state index is -2.42. The molecule has 1 atom stereocenters. The largest absolute Gasteiger partial charge is 0.379 e. The number of carbonyl (C=O) groups excluding carboxylic acids is 1. The summed E-state index contributed by atoms with van der Waals surface area (Å²) in [5.41, 5.74) is 12.4. The number of alkyl halides is 2. The van der Waals surface area contributed by atoms with E-state index in [1.54, 1.807) is 0 Å². The highest BCUT2D eigenvalue weighted by Gasteiger charge is 2.28. The molecule has 2 aromatic carbocycles. The molecule has 2 aromatic rings. The molecule has 0 bridgehead atoms. The molecule has 1 aliphatic rings. The van der Waals surface area contributed by atoms with E-state index in [4.69, 9.17) is 5.73 Å². The van der Waals surface area contributed by atoms with Gasteiger partial charge < -0.3 is 26.2 Å². The maximum Gasteiger partial charge on any atom is 0.255 e. The monoisotopic (exact) mass is 471 g/mol. The first-order valence-corrected chi connectivity index (χ1v) is 11.6. The Morgan fingerprint density at radius 3 is 2.53 bits per heavy atom. The summed E-state index contributed by atoms with van der Waals surface area (Å²) in [6.07, 6.45) is 2.41. The van der Waals surface area contributed by atoms with E-state index in [-0.39, 0.29) is 5.92 Å². The summed E-state index contributed by atoms with van der Waals surface area (Å²) in [4.78, 5) is 16.8. The standard InChI is InChI=1S/C26H35F2N5O/c1-6-17-9-10-30-25-23(17)19(18-7-8-20(16(2)13-18)31-15-22(27)28)14-21(24(25)26(29)34)33(5)12-11-32(3)4/h7-10,13-14,17,22,30-31H,6,11-12,15H2,1-5H3,(H2,29,34). The number of benzene rings is 2. The fraction of sp³-hybridized carbons (Fsp3) is 0.423. The lowest BCUT2D eigenvalue weighted by Gasteiger charge is -2.31. The predicted octanol–water partition coefficient (Wildman–Crippen LogP) is 4.87. The Morgan fingerprint density at radius 1 is 1.21 bits per heavy atom. The fourth-order valence-electron chi connectivity index (χ4n) is 4.38. The minimum absolute atomic E-state index is 0.113. The summed E-state index contributed by atoms with van der Waals surface area (Å²) >= 11 is 0. The molecule has 0 aliphatic carbocycles. The molecule has 0 spiro atoms. The van der Waals surface area contributed by atoms with Crippen molar-refractivity contribution in [2.24, 2.45) is 5.73 Å². The number of nitrogens with two attached hydrogens (primary N) is 1. The van der Waals surface area contributed by atoms with Gasteiger partial charge in [-0.15, -0.1) is 0 Å². The van der Waals surface area contributed by atoms with E-state index in [1.165, 1.54) is 0 Å². The maximum absolute atomic E-state index is 12.7. The van der Waals surface area contributed by atoms with Crippen LogP contribution in [-0.2, 0) is 0 Å². The number of carbonyl (C=O) groups is 1. The van der Waals surface area contributed by atoms with Crippen molar-refractivity contribution >= 4 is 23.0 Å². The van der Waals surface area contributed by atoms with Crippen LogP contribution < -0.4 is 21.3 Å². The number of nitrogens with zero attached hydrogens (tertiary/aromatic N) is 2. The Kier molecular flexibility index (Phi) is 8.15. The van der Waals surface area contributed by atoms with E-state index in [2.05, 4.69) is 33.4 Å². The number of aryl methyl sites for hydroxylation is 1. The first-order chi connectivity index (χ1) is 16.1. The van der Waals surface area contributed by atoms with Crippen molar-refractivity contribution in [3.63, 3.8) is 0 Å². The molecule has 184 valence electrons. The molecular formula is C26H35F2N5O. The highest BCUT2D eigenvalue weighted by molar-refractivity contribution is 6.07. The topological polar surface area (TPSA) is 73.6 Å². The van der Waals surface area contributed by atoms with Crippen LogP contribution in [0, 0.1) is 6.92 Å². The van der Waals surface area contributed by atoms with Crippen LogP contribution in [0.2, 0.25) is 0 Å². The van der Waals surface area contributed by atoms with Crippen molar-refractivity contribution in [3.8, 4) is 11.1 Å². The molecule has 0 saturated heterocycles. The summed E-state index contributed by atoms with van der Waals surface area (Å²) in [6, 6.07) is 7.82. The Hall–Kier alpha value is -3.13. The summed E-state index contributed by atoms with van der Waals surface area (Å²) < 4.78 is 25.4. The van der Waals surface area contributed by atoms with Crippen LogP contribution in [0.15, 0.2) is 36.5 Å². The van der Waals surface area contributed by atoms with Crippen LogP contribution in [-0.4, -0.2) is 58.0 Å². The maximum atomic E-state index is 12.7. The lowest BCUT2D eigenvalue weighted by Crippen LogP contribution is -2.31. The summed E-state index contributed by atoms with van der Waals surface area (Å²) in [7, 11) is 5.97. The molecule has 1 unspecified atom stereocenters. The van der Waals surface area contributed by atoms with Gasteiger partial charge in [-0.2, -0.15) is 0 Å². The first kappa shape index (κ1) is 25.5. The quantitative estimate of drug-likeness (QED) is 0.461. The number of likely N-dealkylation sites (N-methyl/N-ethyl adjacent to an activating group) is 2. The fourth-order valence-corrected chi connectivity index (χ4v) is 4.38. The van der Waals surface area contributed by atoms with Gasteiger partial charge in [-0.1, -0.05) is 19.1 Å². The van der Waals surface area contributed by atoms with Crippen LogP contribution in [0.1, 0.15) is 40.7 Å². The lowest BCUT2D eigenvalue weighted by atomic mass is 9.83. The van der Waals surface area contributed by atoms with E-state index >= 15 is 0 Å². The molecule has 0 fully saturated rings. The second-order valence-corrected chi connectivity index (χ2v) is 9.02. The zero-order valence-corrected chi connectivity index (χ0v) is 20.6. The number of primary amides is 1. The van der Waals surface area contributed by atoms with Crippen LogP contribution in [0.25, 0.3) is 11.1 Å². The van der Waals surface area contributed by atoms with Crippen molar-refractivity contribution in [1.29, 1.82) is 0 Å². The van der Waals surface area contributed by atoms with Crippen molar-refractivity contribution in [2.75, 3.05) is 56.3 Å². The van der Waals surface area contributed by atoms with Gasteiger partial charge in [0.2, 0.25) is 0 Å². The number of amides is 1. The lowest BCUT2D eigenvalue weighted by molar-refractivity contribution is 0.100.